The highest BCUT2D eigenvalue weighted by Gasteiger charge is 2.36. The fraction of sp³-hybridized carbons (Fsp3) is 0.211. The largest absolute Gasteiger partial charge is 0.325 e. The number of nitrogens with one attached hydrogen (secondary N) is 2. The Balaban J connectivity index is 2.14. The molecule has 0 aromatic heterocycles. The molecule has 26 heavy (non-hydrogen) atoms. The third-order valence-corrected chi connectivity index (χ3v) is 4.39. The SMILES string of the molecule is CC(=O)c1cccc(NC(=O)C(C)(C)C(=O)Nc2ccc(Cl)cc2Cl)c1. The number of halogens is 2. The molecule has 7 heteroatoms. The molecule has 0 heterocycles. The van der Waals surface area contributed by atoms with Crippen LogP contribution < -0.4 is 10.6 Å². The summed E-state index contributed by atoms with van der Waals surface area (Å²) in [5.74, 6) is -1.15. The molecule has 0 aliphatic rings. The van der Waals surface area contributed by atoms with Crippen LogP contribution in [0.25, 0.3) is 0 Å². The van der Waals surface area contributed by atoms with E-state index in [4.69, 9.17) is 23.2 Å². The Morgan fingerprint density at radius 1 is 0.923 bits per heavy atom. The number of carbonyl (C=O) groups excluding carboxylic acids is 3. The van der Waals surface area contributed by atoms with E-state index in [1.165, 1.54) is 26.8 Å². The Kier molecular flexibility index (Phi) is 6.05. The van der Waals surface area contributed by atoms with E-state index in [2.05, 4.69) is 10.6 Å². The summed E-state index contributed by atoms with van der Waals surface area (Å²) in [7, 11) is 0. The van der Waals surface area contributed by atoms with Gasteiger partial charge in [-0.25, -0.2) is 0 Å². The standard InChI is InChI=1S/C19H18Cl2N2O3/c1-11(24)12-5-4-6-14(9-12)22-17(25)19(2,3)18(26)23-16-8-7-13(20)10-15(16)21/h4-10H,1-3H3,(H,22,25)(H,23,26). The van der Waals surface area contributed by atoms with E-state index in [0.717, 1.165) is 0 Å². The highest BCUT2D eigenvalue weighted by molar-refractivity contribution is 6.36. The smallest absolute Gasteiger partial charge is 0.239 e. The number of carbonyl (C=O) groups is 3. The molecule has 2 N–H and O–H groups in total. The maximum absolute atomic E-state index is 12.6. The van der Waals surface area contributed by atoms with E-state index in [-0.39, 0.29) is 10.8 Å². The number of anilines is 2. The second-order valence-electron chi connectivity index (χ2n) is 6.29. The van der Waals surface area contributed by atoms with Crippen molar-refractivity contribution in [3.63, 3.8) is 0 Å². The van der Waals surface area contributed by atoms with Crippen molar-refractivity contribution in [3.05, 3.63) is 58.1 Å². The second kappa shape index (κ2) is 7.89. The van der Waals surface area contributed by atoms with Gasteiger partial charge < -0.3 is 10.6 Å². The van der Waals surface area contributed by atoms with Crippen LogP contribution in [0.3, 0.4) is 0 Å². The van der Waals surface area contributed by atoms with Crippen molar-refractivity contribution >= 4 is 52.2 Å². The summed E-state index contributed by atoms with van der Waals surface area (Å²) in [5.41, 5.74) is -0.110. The molecule has 0 aliphatic carbocycles. The number of Topliss-reactive ketones (excluding diaryl/α,β-unsaturated/α-hetero) is 1. The van der Waals surface area contributed by atoms with Crippen molar-refractivity contribution in [1.29, 1.82) is 0 Å². The molecule has 0 aliphatic heterocycles. The first-order valence-electron chi connectivity index (χ1n) is 7.80. The lowest BCUT2D eigenvalue weighted by molar-refractivity contribution is -0.135. The van der Waals surface area contributed by atoms with Crippen LogP contribution in [0.2, 0.25) is 10.0 Å². The van der Waals surface area contributed by atoms with Gasteiger partial charge in [0, 0.05) is 16.3 Å². The summed E-state index contributed by atoms with van der Waals surface area (Å²) in [6, 6.07) is 11.2. The van der Waals surface area contributed by atoms with Gasteiger partial charge >= 0.3 is 0 Å². The molecule has 0 bridgehead atoms. The third-order valence-electron chi connectivity index (χ3n) is 3.84. The first-order chi connectivity index (χ1) is 12.1. The molecule has 2 rings (SSSR count). The summed E-state index contributed by atoms with van der Waals surface area (Å²) in [6.07, 6.45) is 0. The summed E-state index contributed by atoms with van der Waals surface area (Å²) < 4.78 is 0. The van der Waals surface area contributed by atoms with Crippen LogP contribution in [-0.4, -0.2) is 17.6 Å². The number of hydrogen-bond acceptors (Lipinski definition) is 3. The monoisotopic (exact) mass is 392 g/mol. The van der Waals surface area contributed by atoms with Crippen LogP contribution in [0.5, 0.6) is 0 Å². The van der Waals surface area contributed by atoms with Crippen molar-refractivity contribution in [2.75, 3.05) is 10.6 Å². The van der Waals surface area contributed by atoms with Gasteiger partial charge in [0.1, 0.15) is 5.41 Å². The van der Waals surface area contributed by atoms with Crippen molar-refractivity contribution in [1.82, 2.24) is 0 Å². The van der Waals surface area contributed by atoms with Gasteiger partial charge in [0.15, 0.2) is 5.78 Å². The van der Waals surface area contributed by atoms with Crippen LogP contribution in [0.1, 0.15) is 31.1 Å². The van der Waals surface area contributed by atoms with E-state index in [9.17, 15) is 14.4 Å². The third kappa shape index (κ3) is 4.62. The number of rotatable bonds is 5. The molecule has 0 fully saturated rings. The van der Waals surface area contributed by atoms with Crippen molar-refractivity contribution in [3.8, 4) is 0 Å². The quantitative estimate of drug-likeness (QED) is 0.566. The van der Waals surface area contributed by atoms with E-state index >= 15 is 0 Å². The Bertz CT molecular complexity index is 879. The van der Waals surface area contributed by atoms with E-state index in [1.807, 2.05) is 0 Å². The molecular formula is C19H18Cl2N2O3. The average molecular weight is 393 g/mol. The zero-order valence-electron chi connectivity index (χ0n) is 14.5. The zero-order valence-corrected chi connectivity index (χ0v) is 16.0. The lowest BCUT2D eigenvalue weighted by Gasteiger charge is -2.23. The van der Waals surface area contributed by atoms with Gasteiger partial charge in [0.05, 0.1) is 10.7 Å². The normalized spacial score (nSPS) is 11.0. The summed E-state index contributed by atoms with van der Waals surface area (Å²) in [4.78, 5) is 36.6. The van der Waals surface area contributed by atoms with Crippen LogP contribution >= 0.6 is 23.2 Å². The van der Waals surface area contributed by atoms with Crippen molar-refractivity contribution in [2.45, 2.75) is 20.8 Å². The predicted octanol–water partition coefficient (Wildman–Crippen LogP) is 4.80. The van der Waals surface area contributed by atoms with Crippen LogP contribution in [0, 0.1) is 5.41 Å². The van der Waals surface area contributed by atoms with Crippen LogP contribution in [0.15, 0.2) is 42.5 Å². The van der Waals surface area contributed by atoms with Gasteiger partial charge in [-0.1, -0.05) is 35.3 Å². The molecule has 0 atom stereocenters. The minimum Gasteiger partial charge on any atom is -0.325 e. The van der Waals surface area contributed by atoms with Crippen molar-refractivity contribution < 1.29 is 14.4 Å². The lowest BCUT2D eigenvalue weighted by atomic mass is 9.90. The second-order valence-corrected chi connectivity index (χ2v) is 7.14. The minimum atomic E-state index is -1.38. The first-order valence-corrected chi connectivity index (χ1v) is 8.56. The van der Waals surface area contributed by atoms with Crippen LogP contribution in [0.4, 0.5) is 11.4 Å². The van der Waals surface area contributed by atoms with Gasteiger partial charge in [-0.15, -0.1) is 0 Å². The lowest BCUT2D eigenvalue weighted by Crippen LogP contribution is -2.41. The van der Waals surface area contributed by atoms with E-state index in [1.54, 1.807) is 36.4 Å². The Morgan fingerprint density at radius 3 is 2.19 bits per heavy atom. The maximum atomic E-state index is 12.6. The molecule has 0 saturated carbocycles. The fourth-order valence-electron chi connectivity index (χ4n) is 2.08. The molecule has 2 amide bonds. The predicted molar refractivity (Wildman–Crippen MR) is 104 cm³/mol. The molecule has 0 unspecified atom stereocenters. The Hall–Kier alpha value is -2.37. The molecule has 2 aromatic rings. The highest BCUT2D eigenvalue weighted by Crippen LogP contribution is 2.28. The summed E-state index contributed by atoms with van der Waals surface area (Å²) in [6.45, 7) is 4.43. The van der Waals surface area contributed by atoms with E-state index < -0.39 is 17.2 Å². The van der Waals surface area contributed by atoms with Crippen molar-refractivity contribution in [2.24, 2.45) is 5.41 Å². The topological polar surface area (TPSA) is 75.3 Å². The Morgan fingerprint density at radius 2 is 1.58 bits per heavy atom. The fourth-order valence-corrected chi connectivity index (χ4v) is 2.53. The first kappa shape index (κ1) is 19.9. The zero-order chi connectivity index (χ0) is 19.5. The van der Waals surface area contributed by atoms with Gasteiger partial charge in [0.25, 0.3) is 0 Å². The minimum absolute atomic E-state index is 0.115. The molecular weight excluding hydrogens is 375 g/mol. The molecule has 0 saturated heterocycles. The van der Waals surface area contributed by atoms with Gasteiger partial charge in [-0.05, 0) is 51.1 Å². The molecule has 0 radical (unpaired) electrons. The molecule has 136 valence electrons. The number of hydrogen-bond donors (Lipinski definition) is 2. The average Bonchev–Trinajstić information content (AvgIpc) is 2.57. The molecule has 5 nitrogen and oxygen atoms in total. The highest BCUT2D eigenvalue weighted by atomic mass is 35.5. The van der Waals surface area contributed by atoms with Gasteiger partial charge in [0.2, 0.25) is 11.8 Å². The van der Waals surface area contributed by atoms with Gasteiger partial charge in [-0.2, -0.15) is 0 Å². The Labute approximate surface area is 161 Å². The maximum Gasteiger partial charge on any atom is 0.239 e. The van der Waals surface area contributed by atoms with Gasteiger partial charge in [-0.3, -0.25) is 14.4 Å². The molecule has 0 spiro atoms. The van der Waals surface area contributed by atoms with Crippen LogP contribution in [-0.2, 0) is 9.59 Å². The number of benzene rings is 2. The number of ketones is 1. The number of amides is 2. The summed E-state index contributed by atoms with van der Waals surface area (Å²) in [5, 5.41) is 6.01. The molecule has 2 aromatic carbocycles. The van der Waals surface area contributed by atoms with E-state index in [0.29, 0.717) is 22.0 Å². The summed E-state index contributed by atoms with van der Waals surface area (Å²) >= 11 is 11.9.